The van der Waals surface area contributed by atoms with Crippen molar-refractivity contribution in [1.82, 2.24) is 9.80 Å². The van der Waals surface area contributed by atoms with Crippen molar-refractivity contribution < 1.29 is 4.79 Å². The van der Waals surface area contributed by atoms with Crippen LogP contribution in [0.15, 0.2) is 54.6 Å². The normalized spacial score (nSPS) is 24.9. The van der Waals surface area contributed by atoms with Crippen LogP contribution in [0.2, 0.25) is 0 Å². The summed E-state index contributed by atoms with van der Waals surface area (Å²) in [5.41, 5.74) is 3.26. The standard InChI is InChI=1S/C31H43N3O/c1-3-32(4-2)31(35)25-15-17-27(18-16-25)34(26-13-9-6-10-14-26)30-21-28-19-20-29(22-30)33(28)23-24-11-7-5-8-12-24/h6,9-10,13-18,24,28-30H,3-5,7-8,11-12,19-23H2,1-2H3. The van der Waals surface area contributed by atoms with Crippen LogP contribution < -0.4 is 4.90 Å². The Morgan fingerprint density at radius 1 is 0.800 bits per heavy atom. The fourth-order valence-electron chi connectivity index (χ4n) is 7.04. The number of rotatable bonds is 8. The lowest BCUT2D eigenvalue weighted by atomic mass is 9.87. The molecule has 0 N–H and O–H groups in total. The molecule has 0 spiro atoms. The van der Waals surface area contributed by atoms with Gasteiger partial charge in [0.2, 0.25) is 0 Å². The third kappa shape index (κ3) is 5.28. The molecule has 4 heteroatoms. The summed E-state index contributed by atoms with van der Waals surface area (Å²) in [7, 11) is 0. The van der Waals surface area contributed by atoms with Crippen molar-refractivity contribution in [3.05, 3.63) is 60.2 Å². The summed E-state index contributed by atoms with van der Waals surface area (Å²) in [5, 5.41) is 0. The Bertz CT molecular complexity index is 935. The first-order valence-electron chi connectivity index (χ1n) is 14.2. The highest BCUT2D eigenvalue weighted by molar-refractivity contribution is 5.94. The highest BCUT2D eigenvalue weighted by atomic mass is 16.2. The third-order valence-corrected chi connectivity index (χ3v) is 8.90. The molecule has 1 saturated carbocycles. The van der Waals surface area contributed by atoms with Crippen molar-refractivity contribution in [2.45, 2.75) is 89.8 Å². The third-order valence-electron chi connectivity index (χ3n) is 8.90. The fraction of sp³-hybridized carbons (Fsp3) is 0.581. The van der Waals surface area contributed by atoms with Gasteiger partial charge in [-0.3, -0.25) is 9.69 Å². The fourth-order valence-corrected chi connectivity index (χ4v) is 7.04. The molecule has 2 aromatic rings. The molecule has 3 aliphatic rings. The number of carbonyl (C=O) groups is 1. The second kappa shape index (κ2) is 11.2. The average Bonchev–Trinajstić information content (AvgIpc) is 3.13. The summed E-state index contributed by atoms with van der Waals surface area (Å²) >= 11 is 0. The average molecular weight is 474 g/mol. The maximum atomic E-state index is 12.9. The van der Waals surface area contributed by atoms with Crippen LogP contribution in [0.25, 0.3) is 0 Å². The van der Waals surface area contributed by atoms with Gasteiger partial charge in [-0.05, 0) is 94.7 Å². The maximum absolute atomic E-state index is 12.9. The van der Waals surface area contributed by atoms with Gasteiger partial charge in [-0.2, -0.15) is 0 Å². The highest BCUT2D eigenvalue weighted by Gasteiger charge is 2.43. The number of piperidine rings is 1. The predicted molar refractivity (Wildman–Crippen MR) is 145 cm³/mol. The Morgan fingerprint density at radius 3 is 2.00 bits per heavy atom. The Morgan fingerprint density at radius 2 is 1.40 bits per heavy atom. The van der Waals surface area contributed by atoms with Gasteiger partial charge >= 0.3 is 0 Å². The largest absolute Gasteiger partial charge is 0.339 e. The zero-order valence-corrected chi connectivity index (χ0v) is 21.7. The monoisotopic (exact) mass is 473 g/mol. The smallest absolute Gasteiger partial charge is 0.253 e. The molecule has 5 rings (SSSR count). The number of nitrogens with zero attached hydrogens (tertiary/aromatic N) is 3. The Kier molecular flexibility index (Phi) is 7.77. The highest BCUT2D eigenvalue weighted by Crippen LogP contribution is 2.42. The van der Waals surface area contributed by atoms with Gasteiger partial charge in [-0.25, -0.2) is 0 Å². The number of anilines is 2. The van der Waals surface area contributed by atoms with Gasteiger partial charge in [0, 0.05) is 54.7 Å². The van der Waals surface area contributed by atoms with E-state index in [4.69, 9.17) is 0 Å². The van der Waals surface area contributed by atoms with Gasteiger partial charge in [0.15, 0.2) is 0 Å². The van der Waals surface area contributed by atoms with E-state index in [9.17, 15) is 4.79 Å². The lowest BCUT2D eigenvalue weighted by Crippen LogP contribution is -2.50. The van der Waals surface area contributed by atoms with Crippen molar-refractivity contribution in [2.75, 3.05) is 24.5 Å². The molecule has 0 aromatic heterocycles. The molecule has 2 saturated heterocycles. The lowest BCUT2D eigenvalue weighted by Gasteiger charge is -2.45. The summed E-state index contributed by atoms with van der Waals surface area (Å²) in [6.45, 7) is 6.91. The van der Waals surface area contributed by atoms with Gasteiger partial charge in [0.25, 0.3) is 5.91 Å². The minimum Gasteiger partial charge on any atom is -0.339 e. The molecule has 1 aliphatic carbocycles. The van der Waals surface area contributed by atoms with Crippen molar-refractivity contribution >= 4 is 17.3 Å². The summed E-state index contributed by atoms with van der Waals surface area (Å²) in [4.78, 5) is 20.2. The maximum Gasteiger partial charge on any atom is 0.253 e. The molecule has 3 fully saturated rings. The quantitative estimate of drug-likeness (QED) is 0.418. The van der Waals surface area contributed by atoms with Crippen molar-refractivity contribution in [1.29, 1.82) is 0 Å². The minimum absolute atomic E-state index is 0.127. The van der Waals surface area contributed by atoms with E-state index in [-0.39, 0.29) is 5.91 Å². The first kappa shape index (κ1) is 24.4. The van der Waals surface area contributed by atoms with Crippen LogP contribution in [0.4, 0.5) is 11.4 Å². The van der Waals surface area contributed by atoms with E-state index in [0.717, 1.165) is 36.7 Å². The minimum atomic E-state index is 0.127. The van der Waals surface area contributed by atoms with Gasteiger partial charge in [0.1, 0.15) is 0 Å². The van der Waals surface area contributed by atoms with E-state index in [1.165, 1.54) is 75.7 Å². The number of benzene rings is 2. The van der Waals surface area contributed by atoms with Gasteiger partial charge in [0.05, 0.1) is 0 Å². The van der Waals surface area contributed by atoms with Crippen molar-refractivity contribution in [3.63, 3.8) is 0 Å². The molecule has 2 unspecified atom stereocenters. The zero-order valence-electron chi connectivity index (χ0n) is 21.7. The molecular weight excluding hydrogens is 430 g/mol. The second-order valence-electron chi connectivity index (χ2n) is 10.9. The Hall–Kier alpha value is -2.33. The number of para-hydroxylation sites is 1. The number of amides is 1. The first-order valence-corrected chi connectivity index (χ1v) is 14.2. The number of fused-ring (bicyclic) bond motifs is 2. The zero-order chi connectivity index (χ0) is 24.2. The topological polar surface area (TPSA) is 26.8 Å². The van der Waals surface area contributed by atoms with Crippen LogP contribution in [0.3, 0.4) is 0 Å². The van der Waals surface area contributed by atoms with E-state index in [2.05, 4.69) is 52.3 Å². The molecule has 4 nitrogen and oxygen atoms in total. The molecule has 0 radical (unpaired) electrons. The summed E-state index contributed by atoms with van der Waals surface area (Å²) in [6, 6.07) is 21.2. The molecular formula is C31H43N3O. The van der Waals surface area contributed by atoms with E-state index < -0.39 is 0 Å². The van der Waals surface area contributed by atoms with E-state index >= 15 is 0 Å². The lowest BCUT2D eigenvalue weighted by molar-refractivity contribution is 0.0773. The first-order chi connectivity index (χ1) is 17.2. The summed E-state index contributed by atoms with van der Waals surface area (Å²) in [6.07, 6.45) is 12.4. The van der Waals surface area contributed by atoms with E-state index in [1.807, 2.05) is 30.9 Å². The molecule has 188 valence electrons. The predicted octanol–water partition coefficient (Wildman–Crippen LogP) is 6.88. The molecule has 1 amide bonds. The molecule has 2 aliphatic heterocycles. The summed E-state index contributed by atoms with van der Waals surface area (Å²) < 4.78 is 0. The molecule has 35 heavy (non-hydrogen) atoms. The Balaban J connectivity index is 1.36. The van der Waals surface area contributed by atoms with Gasteiger partial charge in [-0.1, -0.05) is 37.5 Å². The van der Waals surface area contributed by atoms with Crippen molar-refractivity contribution in [3.8, 4) is 0 Å². The van der Waals surface area contributed by atoms with Crippen LogP contribution in [0.1, 0.15) is 82.0 Å². The molecule has 2 aromatic carbocycles. The van der Waals surface area contributed by atoms with Gasteiger partial charge in [-0.15, -0.1) is 0 Å². The Labute approximate surface area is 212 Å². The van der Waals surface area contributed by atoms with Crippen LogP contribution in [-0.2, 0) is 0 Å². The molecule has 2 heterocycles. The second-order valence-corrected chi connectivity index (χ2v) is 10.9. The number of hydrogen-bond acceptors (Lipinski definition) is 3. The van der Waals surface area contributed by atoms with Gasteiger partial charge < -0.3 is 9.80 Å². The number of hydrogen-bond donors (Lipinski definition) is 0. The SMILES string of the molecule is CCN(CC)C(=O)c1ccc(N(c2ccccc2)C2CC3CCC(C2)N3CC2CCCCC2)cc1. The summed E-state index contributed by atoms with van der Waals surface area (Å²) in [5.74, 6) is 1.05. The van der Waals surface area contributed by atoms with E-state index in [0.29, 0.717) is 6.04 Å². The van der Waals surface area contributed by atoms with Crippen LogP contribution in [-0.4, -0.2) is 53.5 Å². The number of carbonyl (C=O) groups excluding carboxylic acids is 1. The van der Waals surface area contributed by atoms with Crippen LogP contribution >= 0.6 is 0 Å². The van der Waals surface area contributed by atoms with Crippen LogP contribution in [0.5, 0.6) is 0 Å². The molecule has 2 atom stereocenters. The van der Waals surface area contributed by atoms with Crippen molar-refractivity contribution in [2.24, 2.45) is 5.92 Å². The van der Waals surface area contributed by atoms with Crippen LogP contribution in [0, 0.1) is 5.92 Å². The van der Waals surface area contributed by atoms with E-state index in [1.54, 1.807) is 0 Å². The molecule has 2 bridgehead atoms.